The Morgan fingerprint density at radius 1 is 1.50 bits per heavy atom. The first-order chi connectivity index (χ1) is 9.54. The lowest BCUT2D eigenvalue weighted by atomic mass is 10.3. The number of aliphatic carboxylic acids is 1. The van der Waals surface area contributed by atoms with E-state index in [0.717, 1.165) is 6.08 Å². The normalized spacial score (nSPS) is 12.5. The van der Waals surface area contributed by atoms with E-state index in [4.69, 9.17) is 25.9 Å². The Kier molecular flexibility index (Phi) is 4.37. The van der Waals surface area contributed by atoms with Crippen molar-refractivity contribution >= 4 is 23.6 Å². The zero-order valence-corrected chi connectivity index (χ0v) is 11.2. The Hall–Kier alpha value is -2.34. The first-order valence-electron chi connectivity index (χ1n) is 5.71. The van der Waals surface area contributed by atoms with Gasteiger partial charge >= 0.3 is 5.97 Å². The summed E-state index contributed by atoms with van der Waals surface area (Å²) in [6.45, 7) is 1.74. The van der Waals surface area contributed by atoms with Gasteiger partial charge in [0.05, 0.1) is 0 Å². The molecule has 0 spiro atoms. The minimum Gasteiger partial charge on any atom is -0.481 e. The number of ether oxygens (including phenoxy) is 1. The topological polar surface area (TPSA) is 85.5 Å². The highest BCUT2D eigenvalue weighted by Gasteiger charge is 2.15. The number of carboxylic acid groups (broad SMARTS) is 1. The van der Waals surface area contributed by atoms with Crippen LogP contribution >= 0.6 is 11.6 Å². The van der Waals surface area contributed by atoms with E-state index in [2.05, 4.69) is 10.2 Å². The monoisotopic (exact) mass is 294 g/mol. The van der Waals surface area contributed by atoms with Gasteiger partial charge < -0.3 is 14.3 Å². The van der Waals surface area contributed by atoms with E-state index in [9.17, 15) is 4.79 Å². The summed E-state index contributed by atoms with van der Waals surface area (Å²) < 4.78 is 10.9. The Balaban J connectivity index is 2.06. The van der Waals surface area contributed by atoms with Gasteiger partial charge in [0.15, 0.2) is 6.10 Å². The van der Waals surface area contributed by atoms with Crippen LogP contribution in [-0.2, 0) is 4.79 Å². The SMILES string of the molecule is CC(Oc1cccc(Cl)c1)c1nnc(/C=C/C(=O)O)o1. The van der Waals surface area contributed by atoms with Crippen LogP contribution in [0.4, 0.5) is 0 Å². The van der Waals surface area contributed by atoms with Crippen LogP contribution in [0, 0.1) is 0 Å². The van der Waals surface area contributed by atoms with Crippen molar-refractivity contribution in [3.8, 4) is 5.75 Å². The smallest absolute Gasteiger partial charge is 0.328 e. The Bertz CT molecular complexity index is 639. The van der Waals surface area contributed by atoms with Crippen LogP contribution in [0.25, 0.3) is 6.08 Å². The van der Waals surface area contributed by atoms with Crippen molar-refractivity contribution in [3.05, 3.63) is 47.1 Å². The van der Waals surface area contributed by atoms with Gasteiger partial charge in [0.2, 0.25) is 5.89 Å². The average molecular weight is 295 g/mol. The fraction of sp³-hybridized carbons (Fsp3) is 0.154. The second-order valence-electron chi connectivity index (χ2n) is 3.87. The molecule has 104 valence electrons. The van der Waals surface area contributed by atoms with E-state index >= 15 is 0 Å². The molecule has 0 saturated heterocycles. The molecular weight excluding hydrogens is 284 g/mol. The lowest BCUT2D eigenvalue weighted by molar-refractivity contribution is -0.131. The standard InChI is InChI=1S/C13H11ClN2O4/c1-8(19-10-4-2-3-9(14)7-10)13-16-15-11(20-13)5-6-12(17)18/h2-8H,1H3,(H,17,18)/b6-5+. The number of benzene rings is 1. The molecule has 1 N–H and O–H groups in total. The van der Waals surface area contributed by atoms with Gasteiger partial charge in [0.1, 0.15) is 5.75 Å². The zero-order chi connectivity index (χ0) is 14.5. The average Bonchev–Trinajstić information content (AvgIpc) is 2.85. The molecule has 1 aromatic carbocycles. The summed E-state index contributed by atoms with van der Waals surface area (Å²) in [5, 5.41) is 16.5. The number of halogens is 1. The number of rotatable bonds is 5. The molecule has 0 amide bonds. The molecule has 0 aliphatic heterocycles. The van der Waals surface area contributed by atoms with Crippen LogP contribution in [0.15, 0.2) is 34.8 Å². The zero-order valence-electron chi connectivity index (χ0n) is 10.5. The maximum atomic E-state index is 10.4. The number of carbonyl (C=O) groups is 1. The van der Waals surface area contributed by atoms with Crippen molar-refractivity contribution in [2.24, 2.45) is 0 Å². The van der Waals surface area contributed by atoms with Gasteiger partial charge in [-0.25, -0.2) is 4.79 Å². The van der Waals surface area contributed by atoms with Gasteiger partial charge in [0.25, 0.3) is 5.89 Å². The van der Waals surface area contributed by atoms with Crippen LogP contribution in [0.5, 0.6) is 5.75 Å². The largest absolute Gasteiger partial charge is 0.481 e. The molecule has 0 radical (unpaired) electrons. The van der Waals surface area contributed by atoms with E-state index in [-0.39, 0.29) is 11.8 Å². The van der Waals surface area contributed by atoms with Crippen LogP contribution in [0.3, 0.4) is 0 Å². The minimum absolute atomic E-state index is 0.101. The summed E-state index contributed by atoms with van der Waals surface area (Å²) in [5.41, 5.74) is 0. The van der Waals surface area contributed by atoms with E-state index in [1.807, 2.05) is 0 Å². The number of aromatic nitrogens is 2. The highest BCUT2D eigenvalue weighted by atomic mass is 35.5. The van der Waals surface area contributed by atoms with Crippen LogP contribution in [-0.4, -0.2) is 21.3 Å². The summed E-state index contributed by atoms with van der Waals surface area (Å²) in [6.07, 6.45) is 1.65. The van der Waals surface area contributed by atoms with Gasteiger partial charge in [-0.3, -0.25) is 0 Å². The van der Waals surface area contributed by atoms with E-state index in [0.29, 0.717) is 10.8 Å². The second kappa shape index (κ2) is 6.21. The van der Waals surface area contributed by atoms with Crippen molar-refractivity contribution in [2.75, 3.05) is 0 Å². The van der Waals surface area contributed by atoms with E-state index in [1.54, 1.807) is 31.2 Å². The Morgan fingerprint density at radius 3 is 3.00 bits per heavy atom. The van der Waals surface area contributed by atoms with Gasteiger partial charge in [-0.1, -0.05) is 17.7 Å². The van der Waals surface area contributed by atoms with Gasteiger partial charge in [0, 0.05) is 17.2 Å². The predicted molar refractivity (Wildman–Crippen MR) is 71.5 cm³/mol. The maximum Gasteiger partial charge on any atom is 0.328 e. The third-order valence-electron chi connectivity index (χ3n) is 2.28. The summed E-state index contributed by atoms with van der Waals surface area (Å²) >= 11 is 5.85. The van der Waals surface area contributed by atoms with Crippen molar-refractivity contribution in [2.45, 2.75) is 13.0 Å². The van der Waals surface area contributed by atoms with Crippen molar-refractivity contribution in [1.82, 2.24) is 10.2 Å². The second-order valence-corrected chi connectivity index (χ2v) is 4.30. The van der Waals surface area contributed by atoms with Gasteiger partial charge in [-0.15, -0.1) is 10.2 Å². The summed E-state index contributed by atoms with van der Waals surface area (Å²) in [4.78, 5) is 10.4. The molecule has 6 nitrogen and oxygen atoms in total. The lowest BCUT2D eigenvalue weighted by Crippen LogP contribution is -2.03. The van der Waals surface area contributed by atoms with Crippen LogP contribution in [0.1, 0.15) is 24.8 Å². The molecule has 20 heavy (non-hydrogen) atoms. The molecule has 0 fully saturated rings. The third kappa shape index (κ3) is 3.83. The molecule has 7 heteroatoms. The highest BCUT2D eigenvalue weighted by Crippen LogP contribution is 2.23. The number of carboxylic acids is 1. The molecule has 0 saturated carbocycles. The maximum absolute atomic E-state index is 10.4. The van der Waals surface area contributed by atoms with Crippen LogP contribution < -0.4 is 4.74 Å². The molecule has 0 bridgehead atoms. The predicted octanol–water partition coefficient (Wildman–Crippen LogP) is 2.96. The molecule has 1 unspecified atom stereocenters. The fourth-order valence-corrected chi connectivity index (χ4v) is 1.60. The summed E-state index contributed by atoms with van der Waals surface area (Å²) in [7, 11) is 0. The first-order valence-corrected chi connectivity index (χ1v) is 6.09. The number of hydrogen-bond acceptors (Lipinski definition) is 5. The molecule has 2 rings (SSSR count). The Morgan fingerprint density at radius 2 is 2.30 bits per heavy atom. The van der Waals surface area contributed by atoms with E-state index < -0.39 is 12.1 Å². The molecule has 2 aromatic rings. The molecular formula is C13H11ClN2O4. The minimum atomic E-state index is -1.09. The molecule has 0 aliphatic rings. The van der Waals surface area contributed by atoms with E-state index in [1.165, 1.54) is 6.08 Å². The van der Waals surface area contributed by atoms with Crippen molar-refractivity contribution < 1.29 is 19.1 Å². The fourth-order valence-electron chi connectivity index (χ4n) is 1.42. The van der Waals surface area contributed by atoms with Gasteiger partial charge in [-0.05, 0) is 25.1 Å². The first kappa shape index (κ1) is 14.1. The number of hydrogen-bond donors (Lipinski definition) is 1. The molecule has 1 atom stereocenters. The van der Waals surface area contributed by atoms with Crippen molar-refractivity contribution in [1.29, 1.82) is 0 Å². The summed E-state index contributed by atoms with van der Waals surface area (Å²) in [5.74, 6) is -0.169. The lowest BCUT2D eigenvalue weighted by Gasteiger charge is -2.10. The third-order valence-corrected chi connectivity index (χ3v) is 2.52. The molecule has 1 aromatic heterocycles. The quantitative estimate of drug-likeness (QED) is 0.853. The molecule has 0 aliphatic carbocycles. The number of nitrogens with zero attached hydrogens (tertiary/aromatic N) is 2. The van der Waals surface area contributed by atoms with Gasteiger partial charge in [-0.2, -0.15) is 0 Å². The Labute approximate surface area is 119 Å². The molecule has 1 heterocycles. The van der Waals surface area contributed by atoms with Crippen LogP contribution in [0.2, 0.25) is 5.02 Å². The highest BCUT2D eigenvalue weighted by molar-refractivity contribution is 6.30. The summed E-state index contributed by atoms with van der Waals surface area (Å²) in [6, 6.07) is 6.92. The van der Waals surface area contributed by atoms with Crippen molar-refractivity contribution in [3.63, 3.8) is 0 Å².